The number of benzene rings is 1. The van der Waals surface area contributed by atoms with E-state index in [9.17, 15) is 4.79 Å². The Balaban J connectivity index is 1.69. The molecule has 116 valence electrons. The molecule has 0 saturated heterocycles. The van der Waals surface area contributed by atoms with Crippen molar-refractivity contribution < 1.29 is 4.79 Å². The average Bonchev–Trinajstić information content (AvgIpc) is 2.53. The van der Waals surface area contributed by atoms with Gasteiger partial charge in [0.1, 0.15) is 11.5 Å². The smallest absolute Gasteiger partial charge is 0.270 e. The third-order valence-corrected chi connectivity index (χ3v) is 3.55. The van der Waals surface area contributed by atoms with Crippen molar-refractivity contribution in [3.63, 3.8) is 0 Å². The molecule has 5 heteroatoms. The van der Waals surface area contributed by atoms with Gasteiger partial charge in [0.2, 0.25) is 0 Å². The number of pyridine rings is 1. The van der Waals surface area contributed by atoms with E-state index in [0.29, 0.717) is 18.7 Å². The first-order chi connectivity index (χ1) is 11.1. The van der Waals surface area contributed by atoms with Gasteiger partial charge in [-0.2, -0.15) is 0 Å². The van der Waals surface area contributed by atoms with Crippen LogP contribution >= 0.6 is 0 Å². The number of carbonyl (C=O) groups is 1. The zero-order valence-electron chi connectivity index (χ0n) is 13.2. The zero-order chi connectivity index (χ0) is 16.2. The predicted molar refractivity (Wildman–Crippen MR) is 89.3 cm³/mol. The molecule has 0 aliphatic carbocycles. The maximum Gasteiger partial charge on any atom is 0.270 e. The number of hydrogen-bond donors (Lipinski definition) is 1. The highest BCUT2D eigenvalue weighted by molar-refractivity contribution is 6.05. The highest BCUT2D eigenvalue weighted by Gasteiger charge is 2.11. The first-order valence-corrected chi connectivity index (χ1v) is 7.56. The monoisotopic (exact) mass is 306 g/mol. The van der Waals surface area contributed by atoms with Gasteiger partial charge < -0.3 is 5.32 Å². The molecule has 1 aromatic carbocycles. The lowest BCUT2D eigenvalue weighted by molar-refractivity contribution is 0.0951. The minimum atomic E-state index is -0.175. The summed E-state index contributed by atoms with van der Waals surface area (Å²) in [5.41, 5.74) is 2.33. The van der Waals surface area contributed by atoms with E-state index in [1.165, 1.54) is 0 Å². The fraction of sp³-hybridized carbons (Fsp3) is 0.222. The van der Waals surface area contributed by atoms with Crippen molar-refractivity contribution in [3.8, 4) is 0 Å². The zero-order valence-corrected chi connectivity index (χ0v) is 13.2. The van der Waals surface area contributed by atoms with E-state index in [0.717, 1.165) is 28.0 Å². The minimum Gasteiger partial charge on any atom is -0.350 e. The molecule has 0 saturated carbocycles. The van der Waals surface area contributed by atoms with Crippen LogP contribution in [0.15, 0.2) is 42.6 Å². The van der Waals surface area contributed by atoms with E-state index in [1.807, 2.05) is 50.2 Å². The summed E-state index contributed by atoms with van der Waals surface area (Å²) in [4.78, 5) is 25.3. The lowest BCUT2D eigenvalue weighted by Crippen LogP contribution is -2.27. The molecule has 0 unspecified atom stereocenters. The highest BCUT2D eigenvalue weighted by Crippen LogP contribution is 2.15. The number of nitrogens with one attached hydrogen (secondary N) is 1. The first kappa shape index (κ1) is 15.1. The van der Waals surface area contributed by atoms with Crippen molar-refractivity contribution in [3.05, 3.63) is 65.5 Å². The topological polar surface area (TPSA) is 67.8 Å². The molecular formula is C18H18N4O. The lowest BCUT2D eigenvalue weighted by atomic mass is 10.1. The van der Waals surface area contributed by atoms with E-state index in [1.54, 1.807) is 6.20 Å². The van der Waals surface area contributed by atoms with Crippen molar-refractivity contribution in [2.24, 2.45) is 0 Å². The van der Waals surface area contributed by atoms with Crippen LogP contribution in [-0.2, 0) is 6.42 Å². The first-order valence-electron chi connectivity index (χ1n) is 7.56. The normalized spacial score (nSPS) is 10.7. The van der Waals surface area contributed by atoms with Crippen LogP contribution in [-0.4, -0.2) is 27.4 Å². The van der Waals surface area contributed by atoms with E-state index < -0.39 is 0 Å². The minimum absolute atomic E-state index is 0.175. The van der Waals surface area contributed by atoms with Gasteiger partial charge in [0.25, 0.3) is 5.91 Å². The molecule has 2 aromatic heterocycles. The number of nitrogens with zero attached hydrogens (tertiary/aromatic N) is 3. The Morgan fingerprint density at radius 1 is 1.09 bits per heavy atom. The van der Waals surface area contributed by atoms with Crippen LogP contribution < -0.4 is 5.32 Å². The number of carbonyl (C=O) groups excluding carboxylic acids is 1. The molecule has 2 heterocycles. The average molecular weight is 306 g/mol. The number of rotatable bonds is 4. The number of fused-ring (bicyclic) bond motifs is 1. The molecule has 0 aliphatic rings. The van der Waals surface area contributed by atoms with Crippen LogP contribution in [0.2, 0.25) is 0 Å². The van der Waals surface area contributed by atoms with E-state index in [4.69, 9.17) is 0 Å². The highest BCUT2D eigenvalue weighted by atomic mass is 16.1. The number of hydrogen-bond acceptors (Lipinski definition) is 4. The summed E-state index contributed by atoms with van der Waals surface area (Å²) in [6.45, 7) is 4.36. The van der Waals surface area contributed by atoms with Gasteiger partial charge in [-0.05, 0) is 31.4 Å². The number of aryl methyl sites for hydroxylation is 2. The van der Waals surface area contributed by atoms with E-state index in [-0.39, 0.29) is 5.91 Å². The van der Waals surface area contributed by atoms with Crippen molar-refractivity contribution in [2.45, 2.75) is 20.3 Å². The molecule has 0 bridgehead atoms. The van der Waals surface area contributed by atoms with Crippen molar-refractivity contribution in [1.29, 1.82) is 0 Å². The Bertz CT molecular complexity index is 835. The molecule has 0 spiro atoms. The second-order valence-electron chi connectivity index (χ2n) is 5.45. The molecule has 1 amide bonds. The van der Waals surface area contributed by atoms with Gasteiger partial charge in [0.05, 0.1) is 0 Å². The van der Waals surface area contributed by atoms with E-state index in [2.05, 4.69) is 20.3 Å². The third kappa shape index (κ3) is 3.51. The van der Waals surface area contributed by atoms with Gasteiger partial charge in [0.15, 0.2) is 0 Å². The second-order valence-corrected chi connectivity index (χ2v) is 5.45. The van der Waals surface area contributed by atoms with Crippen molar-refractivity contribution in [1.82, 2.24) is 20.3 Å². The molecule has 1 N–H and O–H groups in total. The van der Waals surface area contributed by atoms with Crippen LogP contribution in [0.3, 0.4) is 0 Å². The summed E-state index contributed by atoms with van der Waals surface area (Å²) in [5, 5.41) is 4.76. The Morgan fingerprint density at radius 3 is 2.61 bits per heavy atom. The Morgan fingerprint density at radius 2 is 1.83 bits per heavy atom. The molecule has 3 rings (SSSR count). The van der Waals surface area contributed by atoms with Gasteiger partial charge in [-0.1, -0.05) is 24.3 Å². The van der Waals surface area contributed by atoms with Gasteiger partial charge in [-0.25, -0.2) is 9.97 Å². The van der Waals surface area contributed by atoms with Crippen LogP contribution in [0, 0.1) is 13.8 Å². The molecule has 5 nitrogen and oxygen atoms in total. The maximum atomic E-state index is 12.4. The molecule has 23 heavy (non-hydrogen) atoms. The molecule has 0 fully saturated rings. The summed E-state index contributed by atoms with van der Waals surface area (Å²) < 4.78 is 0. The summed E-state index contributed by atoms with van der Waals surface area (Å²) in [7, 11) is 0. The predicted octanol–water partition coefficient (Wildman–Crippen LogP) is 2.61. The van der Waals surface area contributed by atoms with E-state index >= 15 is 0 Å². The Labute approximate surface area is 134 Å². The second kappa shape index (κ2) is 6.52. The van der Waals surface area contributed by atoms with Gasteiger partial charge in [-0.15, -0.1) is 0 Å². The fourth-order valence-corrected chi connectivity index (χ4v) is 2.58. The largest absolute Gasteiger partial charge is 0.350 e. The summed E-state index contributed by atoms with van der Waals surface area (Å²) in [6.07, 6.45) is 2.25. The number of aromatic nitrogens is 3. The third-order valence-electron chi connectivity index (χ3n) is 3.55. The molecule has 0 atom stereocenters. The Hall–Kier alpha value is -2.82. The quantitative estimate of drug-likeness (QED) is 0.804. The van der Waals surface area contributed by atoms with Crippen molar-refractivity contribution >= 4 is 16.7 Å². The fourth-order valence-electron chi connectivity index (χ4n) is 2.58. The molecular weight excluding hydrogens is 288 g/mol. The molecule has 0 aliphatic heterocycles. The summed E-state index contributed by atoms with van der Waals surface area (Å²) >= 11 is 0. The number of amides is 1. The standard InChI is InChI=1S/C18H18N4O/c1-12-11-13(2)22-16(21-12)8-10-20-18(23)17-15-6-4-3-5-14(15)7-9-19-17/h3-7,9,11H,8,10H2,1-2H3,(H,20,23). The van der Waals surface area contributed by atoms with Crippen LogP contribution in [0.4, 0.5) is 0 Å². The lowest BCUT2D eigenvalue weighted by Gasteiger charge is -2.07. The Kier molecular flexibility index (Phi) is 4.28. The van der Waals surface area contributed by atoms with Gasteiger partial charge in [0, 0.05) is 35.9 Å². The molecule has 3 aromatic rings. The maximum absolute atomic E-state index is 12.4. The van der Waals surface area contributed by atoms with Crippen LogP contribution in [0.5, 0.6) is 0 Å². The van der Waals surface area contributed by atoms with Gasteiger partial charge >= 0.3 is 0 Å². The molecule has 0 radical (unpaired) electrons. The SMILES string of the molecule is Cc1cc(C)nc(CCNC(=O)c2nccc3ccccc23)n1. The van der Waals surface area contributed by atoms with Crippen LogP contribution in [0.1, 0.15) is 27.7 Å². The van der Waals surface area contributed by atoms with Crippen LogP contribution in [0.25, 0.3) is 10.8 Å². The van der Waals surface area contributed by atoms with Crippen molar-refractivity contribution in [2.75, 3.05) is 6.54 Å². The summed E-state index contributed by atoms with van der Waals surface area (Å²) in [5.74, 6) is 0.569. The summed E-state index contributed by atoms with van der Waals surface area (Å²) in [6, 6.07) is 11.6. The van der Waals surface area contributed by atoms with Gasteiger partial charge in [-0.3, -0.25) is 9.78 Å².